The molecular formula is C29H38N10O3S. The van der Waals surface area contributed by atoms with Crippen molar-refractivity contribution in [1.29, 1.82) is 0 Å². The number of fused-ring (bicyclic) bond motifs is 1. The zero-order valence-corrected chi connectivity index (χ0v) is 24.8. The second-order valence-corrected chi connectivity index (χ2v) is 12.0. The van der Waals surface area contributed by atoms with Crippen LogP contribution in [0.5, 0.6) is 11.9 Å². The number of aryl methyl sites for hydroxylation is 1. The fraction of sp³-hybridized carbons (Fsp3) is 0.517. The summed E-state index contributed by atoms with van der Waals surface area (Å²) in [5.74, 6) is 0.243. The molecule has 0 unspecified atom stereocenters. The molecule has 6 rings (SSSR count). The smallest absolute Gasteiger partial charge is 0.316 e. The number of amides is 1. The molecule has 14 heteroatoms. The van der Waals surface area contributed by atoms with E-state index in [2.05, 4.69) is 35.3 Å². The summed E-state index contributed by atoms with van der Waals surface area (Å²) >= 11 is 1.24. The van der Waals surface area contributed by atoms with Crippen molar-refractivity contribution in [3.8, 4) is 23.3 Å². The maximum atomic E-state index is 13.7. The quantitative estimate of drug-likeness (QED) is 0.302. The summed E-state index contributed by atoms with van der Waals surface area (Å²) in [7, 11) is 1.50. The lowest BCUT2D eigenvalue weighted by molar-refractivity contribution is 0.0907. The largest absolute Gasteiger partial charge is 0.473 e. The molecule has 0 radical (unpaired) electrons. The molecule has 1 aliphatic carbocycles. The van der Waals surface area contributed by atoms with Crippen LogP contribution >= 0.6 is 11.3 Å². The minimum absolute atomic E-state index is 0.193. The molecule has 0 spiro atoms. The van der Waals surface area contributed by atoms with E-state index in [1.165, 1.54) is 24.8 Å². The predicted octanol–water partition coefficient (Wildman–Crippen LogP) is 3.19. The van der Waals surface area contributed by atoms with Gasteiger partial charge in [0.15, 0.2) is 10.7 Å². The van der Waals surface area contributed by atoms with Crippen molar-refractivity contribution in [2.24, 2.45) is 0 Å². The highest BCUT2D eigenvalue weighted by atomic mass is 32.1. The molecule has 1 saturated heterocycles. The summed E-state index contributed by atoms with van der Waals surface area (Å²) in [5.41, 5.74) is 9.09. The number of nitrogen functional groups attached to an aromatic ring is 1. The Kier molecular flexibility index (Phi) is 6.43. The van der Waals surface area contributed by atoms with E-state index in [-0.39, 0.29) is 29.9 Å². The average Bonchev–Trinajstić information content (AvgIpc) is 3.62. The lowest BCUT2D eigenvalue weighted by Gasteiger charge is -2.34. The van der Waals surface area contributed by atoms with Crippen LogP contribution in [-0.2, 0) is 0 Å². The van der Waals surface area contributed by atoms with E-state index < -0.39 is 20.0 Å². The van der Waals surface area contributed by atoms with E-state index >= 15 is 0 Å². The fourth-order valence-corrected chi connectivity index (χ4v) is 6.59. The van der Waals surface area contributed by atoms with Crippen LogP contribution in [0.15, 0.2) is 24.7 Å². The van der Waals surface area contributed by atoms with Crippen LogP contribution in [0.2, 0.25) is 0 Å². The first kappa shape index (κ1) is 22.5. The number of thiazole rings is 1. The highest BCUT2D eigenvalue weighted by Gasteiger charge is 2.30. The van der Waals surface area contributed by atoms with Crippen LogP contribution < -0.4 is 25.4 Å². The number of piperidine rings is 1. The van der Waals surface area contributed by atoms with Crippen molar-refractivity contribution in [2.45, 2.75) is 63.6 Å². The van der Waals surface area contributed by atoms with Gasteiger partial charge in [0.25, 0.3) is 5.91 Å². The van der Waals surface area contributed by atoms with Crippen molar-refractivity contribution in [2.75, 3.05) is 44.8 Å². The SMILES string of the molecule is [2H]C([2H])([2H])N(C1CCC(Oc2nc(C)sc2C(=O)N[C@@H]2CCCN(c3cc(-c4ccnc(OC)n4)n4ncnc(N)c34)C2)CC1)C([2H])([2H])[2H]. The molecule has 2 fully saturated rings. The zero-order valence-electron chi connectivity index (χ0n) is 30.0. The average molecular weight is 613 g/mol. The number of nitrogens with one attached hydrogen (secondary N) is 1. The fourth-order valence-electron chi connectivity index (χ4n) is 5.83. The third-order valence-corrected chi connectivity index (χ3v) is 8.89. The first-order chi connectivity index (χ1) is 23.2. The van der Waals surface area contributed by atoms with Gasteiger partial charge >= 0.3 is 6.01 Å². The number of carbonyl (C=O) groups excluding carboxylic acids is 1. The lowest BCUT2D eigenvalue weighted by Crippen LogP contribution is -2.47. The van der Waals surface area contributed by atoms with Crippen LogP contribution in [0, 0.1) is 6.92 Å². The Hall–Kier alpha value is -4.04. The molecule has 4 aromatic rings. The van der Waals surface area contributed by atoms with Crippen LogP contribution in [-0.4, -0.2) is 92.7 Å². The highest BCUT2D eigenvalue weighted by molar-refractivity contribution is 7.13. The Balaban J connectivity index is 1.15. The van der Waals surface area contributed by atoms with Gasteiger partial charge in [-0.1, -0.05) is 0 Å². The van der Waals surface area contributed by atoms with Crippen molar-refractivity contribution in [3.63, 3.8) is 0 Å². The number of ether oxygens (including phenoxy) is 2. The molecular weight excluding hydrogens is 568 g/mol. The van der Waals surface area contributed by atoms with Gasteiger partial charge in [0.1, 0.15) is 17.9 Å². The molecule has 3 N–H and O–H groups in total. The number of nitrogens with two attached hydrogens (primary N) is 1. The monoisotopic (exact) mass is 612 g/mol. The van der Waals surface area contributed by atoms with Crippen molar-refractivity contribution in [1.82, 2.24) is 39.8 Å². The Labute approximate surface area is 262 Å². The summed E-state index contributed by atoms with van der Waals surface area (Å²) in [6.07, 6.45) is 5.78. The maximum Gasteiger partial charge on any atom is 0.316 e. The highest BCUT2D eigenvalue weighted by Crippen LogP contribution is 2.35. The summed E-state index contributed by atoms with van der Waals surface area (Å²) in [5, 5.41) is 8.28. The Morgan fingerprint density at radius 1 is 1.21 bits per heavy atom. The number of hydrogen-bond donors (Lipinski definition) is 2. The van der Waals surface area contributed by atoms with Crippen LogP contribution in [0.25, 0.3) is 16.9 Å². The number of methoxy groups -OCH3 is 1. The standard InChI is InChI=1S/C29H38N10O3S/c1-17-34-28(42-20-9-7-19(8-10-20)37(2)3)25(43-17)27(40)35-18-6-5-13-38(15-18)23-14-22(21-11-12-31-29(36-21)41-4)39-24(23)26(30)32-16-33-39/h11-12,14,16,18-20H,5-10,13,15H2,1-4H3,(H,35,40)(H2,30,32,33)/t18-,19?,20?/m1/s1/i2D3,3D3. The topological polar surface area (TPSA) is 149 Å². The van der Waals surface area contributed by atoms with E-state index in [1.54, 1.807) is 23.7 Å². The Bertz CT molecular complexity index is 1790. The number of nitrogens with zero attached hydrogens (tertiary/aromatic N) is 8. The molecule has 43 heavy (non-hydrogen) atoms. The second kappa shape index (κ2) is 12.3. The van der Waals surface area contributed by atoms with Gasteiger partial charge in [0.05, 0.1) is 29.2 Å². The lowest BCUT2D eigenvalue weighted by atomic mass is 9.92. The Morgan fingerprint density at radius 2 is 2.05 bits per heavy atom. The molecule has 0 aromatic carbocycles. The molecule has 5 heterocycles. The van der Waals surface area contributed by atoms with Gasteiger partial charge in [-0.2, -0.15) is 10.1 Å². The minimum Gasteiger partial charge on any atom is -0.473 e. The first-order valence-electron chi connectivity index (χ1n) is 17.2. The van der Waals surface area contributed by atoms with E-state index in [9.17, 15) is 4.79 Å². The molecule has 1 amide bonds. The van der Waals surface area contributed by atoms with Gasteiger partial charge in [-0.25, -0.2) is 19.5 Å². The summed E-state index contributed by atoms with van der Waals surface area (Å²) in [6, 6.07) is 3.11. The third kappa shape index (κ3) is 6.07. The zero-order chi connectivity index (χ0) is 35.1. The number of hydrogen-bond acceptors (Lipinski definition) is 12. The van der Waals surface area contributed by atoms with Crippen molar-refractivity contribution in [3.05, 3.63) is 34.5 Å². The van der Waals surface area contributed by atoms with Gasteiger partial charge in [0.2, 0.25) is 5.88 Å². The third-order valence-electron chi connectivity index (χ3n) is 7.93. The van der Waals surface area contributed by atoms with Gasteiger partial charge in [-0.15, -0.1) is 11.3 Å². The second-order valence-electron chi connectivity index (χ2n) is 10.8. The predicted molar refractivity (Wildman–Crippen MR) is 165 cm³/mol. The van der Waals surface area contributed by atoms with Gasteiger partial charge in [0, 0.05) is 39.6 Å². The molecule has 13 nitrogen and oxygen atoms in total. The molecule has 1 atom stereocenters. The number of anilines is 2. The van der Waals surface area contributed by atoms with Crippen molar-refractivity contribution < 1.29 is 22.5 Å². The van der Waals surface area contributed by atoms with Crippen LogP contribution in [0.3, 0.4) is 0 Å². The van der Waals surface area contributed by atoms with E-state index in [4.69, 9.17) is 23.4 Å². The van der Waals surface area contributed by atoms with Gasteiger partial charge < -0.3 is 30.3 Å². The number of carbonyl (C=O) groups is 1. The number of rotatable bonds is 8. The van der Waals surface area contributed by atoms with Gasteiger partial charge in [-0.05, 0) is 71.5 Å². The van der Waals surface area contributed by atoms with E-state index in [0.717, 1.165) is 25.1 Å². The number of aromatic nitrogens is 6. The molecule has 1 aliphatic heterocycles. The summed E-state index contributed by atoms with van der Waals surface area (Å²) in [6.45, 7) is -2.44. The Morgan fingerprint density at radius 3 is 2.84 bits per heavy atom. The summed E-state index contributed by atoms with van der Waals surface area (Å²) < 4.78 is 59.6. The molecule has 4 aromatic heterocycles. The van der Waals surface area contributed by atoms with E-state index in [1.807, 2.05) is 6.07 Å². The summed E-state index contributed by atoms with van der Waals surface area (Å²) in [4.78, 5) is 34.1. The maximum absolute atomic E-state index is 13.7. The molecule has 1 saturated carbocycles. The van der Waals surface area contributed by atoms with Crippen molar-refractivity contribution >= 4 is 34.3 Å². The van der Waals surface area contributed by atoms with E-state index in [0.29, 0.717) is 69.7 Å². The van der Waals surface area contributed by atoms with Crippen LogP contribution in [0.4, 0.5) is 11.5 Å². The molecule has 2 aliphatic rings. The first-order valence-corrected chi connectivity index (χ1v) is 15.0. The van der Waals surface area contributed by atoms with Crippen LogP contribution in [0.1, 0.15) is 61.4 Å². The molecule has 228 valence electrons. The van der Waals surface area contributed by atoms with Gasteiger partial charge in [-0.3, -0.25) is 4.79 Å². The normalized spacial score (nSPS) is 23.5. The molecule has 0 bridgehead atoms. The minimum atomic E-state index is -2.74.